The second kappa shape index (κ2) is 7.04. The zero-order chi connectivity index (χ0) is 17.0. The number of ether oxygens (including phenoxy) is 1. The van der Waals surface area contributed by atoms with Crippen molar-refractivity contribution in [1.82, 2.24) is 10.3 Å². The number of benzene rings is 1. The molecule has 0 atom stereocenters. The number of rotatable bonds is 4. The first-order valence-electron chi connectivity index (χ1n) is 7.04. The van der Waals surface area contributed by atoms with Gasteiger partial charge in [-0.1, -0.05) is 24.3 Å². The first kappa shape index (κ1) is 17.3. The van der Waals surface area contributed by atoms with Gasteiger partial charge in [0.25, 0.3) is 6.43 Å². The summed E-state index contributed by atoms with van der Waals surface area (Å²) in [7, 11) is 0. The van der Waals surface area contributed by atoms with Crippen molar-refractivity contribution in [2.75, 3.05) is 0 Å². The Kier molecular flexibility index (Phi) is 5.30. The van der Waals surface area contributed by atoms with Crippen molar-refractivity contribution < 1.29 is 18.3 Å². The van der Waals surface area contributed by atoms with Gasteiger partial charge in [0.15, 0.2) is 0 Å². The van der Waals surface area contributed by atoms with Crippen molar-refractivity contribution >= 4 is 17.4 Å². The van der Waals surface area contributed by atoms with Crippen molar-refractivity contribution in [3.05, 3.63) is 41.0 Å². The number of carbonyl (C=O) groups is 1. The van der Waals surface area contributed by atoms with E-state index < -0.39 is 18.1 Å². The van der Waals surface area contributed by atoms with E-state index in [1.807, 2.05) is 0 Å². The van der Waals surface area contributed by atoms with E-state index in [9.17, 15) is 13.6 Å². The molecule has 7 heteroatoms. The van der Waals surface area contributed by atoms with Gasteiger partial charge >= 0.3 is 6.09 Å². The normalized spacial score (nSPS) is 11.6. The number of aromatic nitrogens is 1. The van der Waals surface area contributed by atoms with Crippen LogP contribution in [0.3, 0.4) is 0 Å². The minimum absolute atomic E-state index is 0.199. The first-order chi connectivity index (χ1) is 10.8. The molecule has 23 heavy (non-hydrogen) atoms. The van der Waals surface area contributed by atoms with Crippen LogP contribution in [0.15, 0.2) is 29.8 Å². The van der Waals surface area contributed by atoms with Crippen LogP contribution in [-0.4, -0.2) is 16.7 Å². The second-order valence-corrected chi connectivity index (χ2v) is 6.77. The van der Waals surface area contributed by atoms with Crippen LogP contribution >= 0.6 is 11.3 Å². The monoisotopic (exact) mass is 340 g/mol. The fourth-order valence-corrected chi connectivity index (χ4v) is 2.69. The Labute approximate surface area is 137 Å². The molecule has 0 spiro atoms. The summed E-state index contributed by atoms with van der Waals surface area (Å²) in [6.07, 6.45) is -3.09. The SMILES string of the molecule is CC(C)(C)OC(=O)NCc1ccc(-c2scnc2C(F)F)cc1. The highest BCUT2D eigenvalue weighted by Gasteiger charge is 2.18. The molecular weight excluding hydrogens is 322 g/mol. The number of hydrogen-bond donors (Lipinski definition) is 1. The maximum atomic E-state index is 12.9. The first-order valence-corrected chi connectivity index (χ1v) is 7.92. The Balaban J connectivity index is 2.00. The summed E-state index contributed by atoms with van der Waals surface area (Å²) in [4.78, 5) is 15.7. The average molecular weight is 340 g/mol. The summed E-state index contributed by atoms with van der Waals surface area (Å²) in [5.41, 5.74) is 2.20. The lowest BCUT2D eigenvalue weighted by Crippen LogP contribution is -2.32. The zero-order valence-electron chi connectivity index (χ0n) is 13.1. The lowest BCUT2D eigenvalue weighted by molar-refractivity contribution is 0.0523. The summed E-state index contributed by atoms with van der Waals surface area (Å²) in [5.74, 6) is 0. The molecule has 0 aliphatic rings. The van der Waals surface area contributed by atoms with Gasteiger partial charge in [-0.25, -0.2) is 18.6 Å². The highest BCUT2D eigenvalue weighted by Crippen LogP contribution is 2.33. The Morgan fingerprint density at radius 3 is 2.52 bits per heavy atom. The Morgan fingerprint density at radius 2 is 1.96 bits per heavy atom. The van der Waals surface area contributed by atoms with Gasteiger partial charge in [0, 0.05) is 6.54 Å². The minimum Gasteiger partial charge on any atom is -0.444 e. The quantitative estimate of drug-likeness (QED) is 0.872. The van der Waals surface area contributed by atoms with E-state index in [0.29, 0.717) is 17.0 Å². The Hall–Kier alpha value is -2.02. The molecule has 1 aromatic carbocycles. The highest BCUT2D eigenvalue weighted by molar-refractivity contribution is 7.13. The van der Waals surface area contributed by atoms with E-state index >= 15 is 0 Å². The molecule has 124 valence electrons. The molecule has 4 nitrogen and oxygen atoms in total. The minimum atomic E-state index is -2.59. The molecule has 1 amide bonds. The highest BCUT2D eigenvalue weighted by atomic mass is 32.1. The lowest BCUT2D eigenvalue weighted by Gasteiger charge is -2.19. The molecule has 0 bridgehead atoms. The number of hydrogen-bond acceptors (Lipinski definition) is 4. The molecule has 0 fully saturated rings. The number of carbonyl (C=O) groups excluding carboxylic acids is 1. The van der Waals surface area contributed by atoms with Crippen LogP contribution in [-0.2, 0) is 11.3 Å². The van der Waals surface area contributed by atoms with Crippen molar-refractivity contribution in [2.45, 2.75) is 39.3 Å². The fourth-order valence-electron chi connectivity index (χ4n) is 1.89. The number of alkyl halides is 2. The number of thiazole rings is 1. The molecule has 0 aliphatic carbocycles. The molecule has 2 aromatic rings. The van der Waals surface area contributed by atoms with Gasteiger partial charge in [0.05, 0.1) is 10.4 Å². The maximum absolute atomic E-state index is 12.9. The zero-order valence-corrected chi connectivity index (χ0v) is 13.9. The van der Waals surface area contributed by atoms with Gasteiger partial charge in [-0.2, -0.15) is 0 Å². The van der Waals surface area contributed by atoms with Crippen molar-refractivity contribution in [3.63, 3.8) is 0 Å². The average Bonchev–Trinajstić information content (AvgIpc) is 2.93. The van der Waals surface area contributed by atoms with Gasteiger partial charge in [-0.05, 0) is 31.9 Å². The summed E-state index contributed by atoms with van der Waals surface area (Å²) in [6, 6.07) is 7.04. The standard InChI is InChI=1S/C16H18F2N2O2S/c1-16(2,3)22-15(21)19-8-10-4-6-11(7-5-10)13-12(14(17)18)20-9-23-13/h4-7,9,14H,8H2,1-3H3,(H,19,21). The van der Waals surface area contributed by atoms with Crippen LogP contribution in [0.1, 0.15) is 38.5 Å². The largest absolute Gasteiger partial charge is 0.444 e. The molecule has 0 saturated carbocycles. The summed E-state index contributed by atoms with van der Waals surface area (Å²) in [5, 5.41) is 2.65. The number of nitrogens with zero attached hydrogens (tertiary/aromatic N) is 1. The van der Waals surface area contributed by atoms with E-state index in [-0.39, 0.29) is 5.69 Å². The second-order valence-electron chi connectivity index (χ2n) is 5.92. The molecule has 0 radical (unpaired) electrons. The van der Waals surface area contributed by atoms with Gasteiger partial charge in [0.2, 0.25) is 0 Å². The molecule has 1 heterocycles. The van der Waals surface area contributed by atoms with Crippen LogP contribution in [0, 0.1) is 0 Å². The van der Waals surface area contributed by atoms with Crippen LogP contribution in [0.5, 0.6) is 0 Å². The lowest BCUT2D eigenvalue weighted by atomic mass is 10.1. The van der Waals surface area contributed by atoms with Gasteiger partial charge in [-0.15, -0.1) is 11.3 Å². The number of amides is 1. The predicted octanol–water partition coefficient (Wildman–Crippen LogP) is 4.77. The predicted molar refractivity (Wildman–Crippen MR) is 85.6 cm³/mol. The van der Waals surface area contributed by atoms with Crippen LogP contribution < -0.4 is 5.32 Å². The van der Waals surface area contributed by atoms with E-state index in [2.05, 4.69) is 10.3 Å². The van der Waals surface area contributed by atoms with E-state index in [0.717, 1.165) is 5.56 Å². The third-order valence-corrected chi connectivity index (χ3v) is 3.74. The van der Waals surface area contributed by atoms with Gasteiger partial charge < -0.3 is 10.1 Å². The van der Waals surface area contributed by atoms with E-state index in [1.54, 1.807) is 45.0 Å². The summed E-state index contributed by atoms with van der Waals surface area (Å²) >= 11 is 1.18. The Morgan fingerprint density at radius 1 is 1.30 bits per heavy atom. The molecule has 1 aromatic heterocycles. The van der Waals surface area contributed by atoms with Crippen LogP contribution in [0.25, 0.3) is 10.4 Å². The molecule has 0 saturated heterocycles. The Bertz CT molecular complexity index is 663. The number of halogens is 2. The van der Waals surface area contributed by atoms with Crippen molar-refractivity contribution in [2.24, 2.45) is 0 Å². The van der Waals surface area contributed by atoms with Crippen molar-refractivity contribution in [3.8, 4) is 10.4 Å². The third kappa shape index (κ3) is 4.99. The molecule has 0 aliphatic heterocycles. The molecular formula is C16H18F2N2O2S. The summed E-state index contributed by atoms with van der Waals surface area (Å²) < 4.78 is 30.9. The molecule has 0 unspecified atom stereocenters. The van der Waals surface area contributed by atoms with E-state index in [4.69, 9.17) is 4.74 Å². The fraction of sp³-hybridized carbons (Fsp3) is 0.375. The van der Waals surface area contributed by atoms with Crippen molar-refractivity contribution in [1.29, 1.82) is 0 Å². The topological polar surface area (TPSA) is 51.2 Å². The van der Waals surface area contributed by atoms with Gasteiger partial charge in [-0.3, -0.25) is 0 Å². The number of nitrogens with one attached hydrogen (secondary N) is 1. The molecule has 2 rings (SSSR count). The van der Waals surface area contributed by atoms with Gasteiger partial charge in [0.1, 0.15) is 11.3 Å². The van der Waals surface area contributed by atoms with E-state index in [1.165, 1.54) is 16.8 Å². The smallest absolute Gasteiger partial charge is 0.407 e. The maximum Gasteiger partial charge on any atom is 0.407 e. The van der Waals surface area contributed by atoms with Crippen LogP contribution in [0.4, 0.5) is 13.6 Å². The van der Waals surface area contributed by atoms with Crippen LogP contribution in [0.2, 0.25) is 0 Å². The number of alkyl carbamates (subject to hydrolysis) is 1. The summed E-state index contributed by atoms with van der Waals surface area (Å²) in [6.45, 7) is 5.67. The molecule has 1 N–H and O–H groups in total. The third-order valence-electron chi connectivity index (χ3n) is 2.85.